The number of hydrogen-bond donors (Lipinski definition) is 3. The summed E-state index contributed by atoms with van der Waals surface area (Å²) in [6, 6.07) is 0. The first-order valence-corrected chi connectivity index (χ1v) is 8.94. The number of carboxylic acid groups (broad SMARTS) is 1. The lowest BCUT2D eigenvalue weighted by Crippen LogP contribution is -2.13. The SMILES string of the molecule is CCCCCCCCCCNc1nc(C(=O)O)c(N)nc1I. The van der Waals surface area contributed by atoms with Crippen LogP contribution in [-0.2, 0) is 0 Å². The Hall–Kier alpha value is -1.12. The van der Waals surface area contributed by atoms with Gasteiger partial charge in [0.2, 0.25) is 0 Å². The van der Waals surface area contributed by atoms with Gasteiger partial charge in [-0.1, -0.05) is 51.9 Å². The number of nitrogen functional groups attached to an aromatic ring is 1. The van der Waals surface area contributed by atoms with Crippen LogP contribution < -0.4 is 11.1 Å². The summed E-state index contributed by atoms with van der Waals surface area (Å²) in [5, 5.41) is 12.1. The fourth-order valence-electron chi connectivity index (χ4n) is 2.16. The maximum atomic E-state index is 11.0. The topological polar surface area (TPSA) is 101 Å². The van der Waals surface area contributed by atoms with Crippen LogP contribution in [0, 0.1) is 3.70 Å². The lowest BCUT2D eigenvalue weighted by atomic mass is 10.1. The summed E-state index contributed by atoms with van der Waals surface area (Å²) in [6.07, 6.45) is 10.0. The van der Waals surface area contributed by atoms with E-state index in [0.717, 1.165) is 13.0 Å². The van der Waals surface area contributed by atoms with Crippen molar-refractivity contribution < 1.29 is 9.90 Å². The molecule has 1 aromatic rings. The van der Waals surface area contributed by atoms with Crippen LogP contribution in [0.1, 0.15) is 68.8 Å². The zero-order valence-corrected chi connectivity index (χ0v) is 15.2. The lowest BCUT2D eigenvalue weighted by molar-refractivity contribution is 0.0691. The van der Waals surface area contributed by atoms with E-state index in [2.05, 4.69) is 22.2 Å². The predicted molar refractivity (Wildman–Crippen MR) is 97.2 cm³/mol. The molecule has 0 amide bonds. The summed E-state index contributed by atoms with van der Waals surface area (Å²) in [7, 11) is 0. The van der Waals surface area contributed by atoms with Crippen molar-refractivity contribution >= 4 is 40.2 Å². The van der Waals surface area contributed by atoms with Crippen molar-refractivity contribution in [3.05, 3.63) is 9.39 Å². The number of nitrogens with one attached hydrogen (secondary N) is 1. The number of aromatic nitrogens is 2. The second-order valence-corrected chi connectivity index (χ2v) is 6.33. The molecule has 22 heavy (non-hydrogen) atoms. The zero-order valence-electron chi connectivity index (χ0n) is 13.1. The van der Waals surface area contributed by atoms with Gasteiger partial charge in [0.05, 0.1) is 0 Å². The van der Waals surface area contributed by atoms with E-state index in [0.29, 0.717) is 9.52 Å². The smallest absolute Gasteiger partial charge is 0.358 e. The van der Waals surface area contributed by atoms with Gasteiger partial charge in [0.15, 0.2) is 17.3 Å². The van der Waals surface area contributed by atoms with Crippen LogP contribution >= 0.6 is 22.6 Å². The molecule has 4 N–H and O–H groups in total. The Morgan fingerprint density at radius 3 is 2.32 bits per heavy atom. The maximum absolute atomic E-state index is 11.0. The molecule has 0 aliphatic heterocycles. The average Bonchev–Trinajstić information content (AvgIpc) is 2.47. The first-order chi connectivity index (χ1) is 10.6. The molecule has 0 fully saturated rings. The molecule has 7 heteroatoms. The van der Waals surface area contributed by atoms with E-state index >= 15 is 0 Å². The molecule has 0 saturated carbocycles. The van der Waals surface area contributed by atoms with E-state index in [9.17, 15) is 4.79 Å². The van der Waals surface area contributed by atoms with Gasteiger partial charge >= 0.3 is 5.97 Å². The second kappa shape index (κ2) is 10.6. The maximum Gasteiger partial charge on any atom is 0.358 e. The van der Waals surface area contributed by atoms with Gasteiger partial charge in [0, 0.05) is 6.54 Å². The molecule has 0 aromatic carbocycles. The molecule has 0 bridgehead atoms. The van der Waals surface area contributed by atoms with Gasteiger partial charge in [-0.15, -0.1) is 0 Å². The minimum absolute atomic E-state index is 0.0467. The van der Waals surface area contributed by atoms with Gasteiger partial charge in [-0.2, -0.15) is 0 Å². The van der Waals surface area contributed by atoms with E-state index in [1.807, 2.05) is 22.6 Å². The van der Waals surface area contributed by atoms with Crippen molar-refractivity contribution in [2.75, 3.05) is 17.6 Å². The standard InChI is InChI=1S/C15H25IN4O2/c1-2-3-4-5-6-7-8-9-10-18-14-12(16)20-13(17)11(19-14)15(21)22/h2-10H2,1H3,(H2,17,20)(H,18,19)(H,21,22). The largest absolute Gasteiger partial charge is 0.476 e. The van der Waals surface area contributed by atoms with Crippen molar-refractivity contribution in [2.24, 2.45) is 0 Å². The van der Waals surface area contributed by atoms with Crippen molar-refractivity contribution in [1.29, 1.82) is 0 Å². The summed E-state index contributed by atoms with van der Waals surface area (Å²) in [5.41, 5.74) is 5.35. The predicted octanol–water partition coefficient (Wildman–Crippen LogP) is 3.91. The molecule has 0 aliphatic carbocycles. The van der Waals surface area contributed by atoms with Gasteiger partial charge in [-0.3, -0.25) is 0 Å². The highest BCUT2D eigenvalue weighted by atomic mass is 127. The molecule has 0 atom stereocenters. The summed E-state index contributed by atoms with van der Waals surface area (Å²) in [5.74, 6) is -0.707. The van der Waals surface area contributed by atoms with Crippen LogP contribution in [0.25, 0.3) is 0 Å². The Kier molecular flexibility index (Phi) is 9.10. The molecule has 6 nitrogen and oxygen atoms in total. The third kappa shape index (κ3) is 6.76. The van der Waals surface area contributed by atoms with E-state index < -0.39 is 5.97 Å². The molecule has 1 aromatic heterocycles. The molecule has 0 radical (unpaired) electrons. The minimum atomic E-state index is -1.16. The average molecular weight is 420 g/mol. The lowest BCUT2D eigenvalue weighted by Gasteiger charge is -2.09. The van der Waals surface area contributed by atoms with Gasteiger partial charge in [0.25, 0.3) is 0 Å². The number of unbranched alkanes of at least 4 members (excludes halogenated alkanes) is 7. The molecular formula is C15H25IN4O2. The number of aromatic carboxylic acids is 1. The highest BCUT2D eigenvalue weighted by Gasteiger charge is 2.15. The molecule has 124 valence electrons. The van der Waals surface area contributed by atoms with E-state index in [1.54, 1.807) is 0 Å². The molecule has 0 saturated heterocycles. The normalized spacial score (nSPS) is 10.6. The van der Waals surface area contributed by atoms with Crippen LogP contribution in [-0.4, -0.2) is 27.6 Å². The third-order valence-corrected chi connectivity index (χ3v) is 4.16. The minimum Gasteiger partial charge on any atom is -0.476 e. The number of carbonyl (C=O) groups is 1. The van der Waals surface area contributed by atoms with Crippen LogP contribution in [0.2, 0.25) is 0 Å². The van der Waals surface area contributed by atoms with Crippen molar-refractivity contribution in [1.82, 2.24) is 9.97 Å². The number of halogens is 1. The molecule has 1 rings (SSSR count). The number of nitrogens with two attached hydrogens (primary N) is 1. The van der Waals surface area contributed by atoms with Crippen LogP contribution in [0.3, 0.4) is 0 Å². The Balaban J connectivity index is 2.27. The second-order valence-electron chi connectivity index (χ2n) is 5.30. The number of anilines is 2. The van der Waals surface area contributed by atoms with Gasteiger partial charge in [-0.25, -0.2) is 14.8 Å². The fourth-order valence-corrected chi connectivity index (χ4v) is 2.73. The third-order valence-electron chi connectivity index (χ3n) is 3.41. The number of hydrogen-bond acceptors (Lipinski definition) is 5. The number of rotatable bonds is 11. The monoisotopic (exact) mass is 420 g/mol. The summed E-state index contributed by atoms with van der Waals surface area (Å²) in [4.78, 5) is 19.0. The summed E-state index contributed by atoms with van der Waals surface area (Å²) in [6.45, 7) is 2.99. The van der Waals surface area contributed by atoms with Crippen molar-refractivity contribution in [2.45, 2.75) is 58.3 Å². The van der Waals surface area contributed by atoms with E-state index in [4.69, 9.17) is 10.8 Å². The molecule has 0 spiro atoms. The van der Waals surface area contributed by atoms with Crippen LogP contribution in [0.15, 0.2) is 0 Å². The number of nitrogens with zero attached hydrogens (tertiary/aromatic N) is 2. The van der Waals surface area contributed by atoms with Crippen LogP contribution in [0.4, 0.5) is 11.6 Å². The molecule has 0 unspecified atom stereocenters. The van der Waals surface area contributed by atoms with Crippen molar-refractivity contribution in [3.63, 3.8) is 0 Å². The summed E-state index contributed by atoms with van der Waals surface area (Å²) >= 11 is 2.00. The van der Waals surface area contributed by atoms with Gasteiger partial charge < -0.3 is 16.2 Å². The first kappa shape index (κ1) is 18.9. The van der Waals surface area contributed by atoms with Crippen molar-refractivity contribution in [3.8, 4) is 0 Å². The Morgan fingerprint density at radius 1 is 1.14 bits per heavy atom. The zero-order chi connectivity index (χ0) is 16.4. The molecule has 0 aliphatic rings. The Labute approximate surface area is 145 Å². The van der Waals surface area contributed by atoms with E-state index in [1.165, 1.54) is 44.9 Å². The quantitative estimate of drug-likeness (QED) is 0.371. The van der Waals surface area contributed by atoms with Crippen LogP contribution in [0.5, 0.6) is 0 Å². The Bertz CT molecular complexity index is 483. The molecular weight excluding hydrogens is 395 g/mol. The summed E-state index contributed by atoms with van der Waals surface area (Å²) < 4.78 is 0.597. The molecule has 1 heterocycles. The highest BCUT2D eigenvalue weighted by molar-refractivity contribution is 14.1. The van der Waals surface area contributed by atoms with E-state index in [-0.39, 0.29) is 11.5 Å². The number of carboxylic acids is 1. The van der Waals surface area contributed by atoms with Gasteiger partial charge in [0.1, 0.15) is 3.70 Å². The van der Waals surface area contributed by atoms with Gasteiger partial charge in [-0.05, 0) is 29.0 Å². The highest BCUT2D eigenvalue weighted by Crippen LogP contribution is 2.18. The first-order valence-electron chi connectivity index (χ1n) is 7.86. The Morgan fingerprint density at radius 2 is 1.73 bits per heavy atom. The fraction of sp³-hybridized carbons (Fsp3) is 0.667.